The van der Waals surface area contributed by atoms with Gasteiger partial charge in [0.1, 0.15) is 17.3 Å². The van der Waals surface area contributed by atoms with Crippen LogP contribution in [0.15, 0.2) is 48.7 Å². The number of aryl methyl sites for hydroxylation is 2. The van der Waals surface area contributed by atoms with Crippen molar-refractivity contribution in [2.24, 2.45) is 13.0 Å². The highest BCUT2D eigenvalue weighted by atomic mass is 19.1. The average Bonchev–Trinajstić information content (AvgIpc) is 3.16. The Labute approximate surface area is 207 Å². The molecule has 188 valence electrons. The number of aromatic nitrogens is 2. The molecule has 6 nitrogen and oxygen atoms in total. The number of hydrogen-bond donors (Lipinski definition) is 1. The molecular formula is C28H37FN4O2. The predicted octanol–water partition coefficient (Wildman–Crippen LogP) is 4.54. The van der Waals surface area contributed by atoms with Crippen LogP contribution in [0.5, 0.6) is 11.5 Å². The smallest absolute Gasteiger partial charge is 0.126 e. The number of likely N-dealkylation sites (N-methyl/N-ethyl adjacent to an activating group) is 1. The second kappa shape index (κ2) is 11.2. The van der Waals surface area contributed by atoms with E-state index in [0.717, 1.165) is 55.0 Å². The molecule has 0 unspecified atom stereocenters. The maximum Gasteiger partial charge on any atom is 0.126 e. The Morgan fingerprint density at radius 3 is 2.54 bits per heavy atom. The van der Waals surface area contributed by atoms with E-state index < -0.39 is 0 Å². The third-order valence-electron chi connectivity index (χ3n) is 7.34. The summed E-state index contributed by atoms with van der Waals surface area (Å²) in [7, 11) is 5.74. The maximum atomic E-state index is 14.6. The van der Waals surface area contributed by atoms with Crippen LogP contribution in [0, 0.1) is 18.7 Å². The summed E-state index contributed by atoms with van der Waals surface area (Å²) in [5.41, 5.74) is 3.90. The SMILES string of the molecule is COc1ccc(O)c(CN2CCC([C@@H](Cc3ccccc3F)N(C)Cc3cn(C)nc3C)CC2)c1. The normalized spacial score (nSPS) is 16.1. The number of hydrogen-bond acceptors (Lipinski definition) is 5. The standard InChI is InChI=1S/C28H37FN4O2/c1-20-24(18-32(3)30-20)17-31(2)27(16-22-7-5-6-8-26(22)29)21-11-13-33(14-12-21)19-23-15-25(35-4)9-10-28(23)34/h5-10,15,18,21,27,34H,11-14,16-17,19H2,1-4H3/t27-/m1/s1. The van der Waals surface area contributed by atoms with Crippen molar-refractivity contribution in [3.05, 3.63) is 76.9 Å². The molecule has 0 amide bonds. The zero-order valence-corrected chi connectivity index (χ0v) is 21.2. The second-order valence-corrected chi connectivity index (χ2v) is 9.80. The van der Waals surface area contributed by atoms with E-state index in [4.69, 9.17) is 4.74 Å². The first-order valence-corrected chi connectivity index (χ1v) is 12.3. The quantitative estimate of drug-likeness (QED) is 0.488. The molecule has 0 radical (unpaired) electrons. The molecule has 0 saturated carbocycles. The number of halogens is 1. The van der Waals surface area contributed by atoms with Crippen molar-refractivity contribution >= 4 is 0 Å². The van der Waals surface area contributed by atoms with Gasteiger partial charge in [0.2, 0.25) is 0 Å². The van der Waals surface area contributed by atoms with E-state index in [9.17, 15) is 9.50 Å². The van der Waals surface area contributed by atoms with Crippen LogP contribution < -0.4 is 4.74 Å². The van der Waals surface area contributed by atoms with E-state index in [1.165, 1.54) is 5.56 Å². The number of piperidine rings is 1. The fourth-order valence-corrected chi connectivity index (χ4v) is 5.31. The van der Waals surface area contributed by atoms with E-state index in [0.29, 0.717) is 24.6 Å². The summed E-state index contributed by atoms with van der Waals surface area (Å²) in [5.74, 6) is 1.38. The maximum absolute atomic E-state index is 14.6. The Hall–Kier alpha value is -2.90. The van der Waals surface area contributed by atoms with Crippen LogP contribution >= 0.6 is 0 Å². The number of aromatic hydroxyl groups is 1. The molecule has 1 saturated heterocycles. The van der Waals surface area contributed by atoms with Gasteiger partial charge in [0, 0.05) is 43.5 Å². The monoisotopic (exact) mass is 480 g/mol. The topological polar surface area (TPSA) is 53.8 Å². The van der Waals surface area contributed by atoms with E-state index in [1.54, 1.807) is 31.4 Å². The molecule has 7 heteroatoms. The highest BCUT2D eigenvalue weighted by Gasteiger charge is 2.30. The minimum Gasteiger partial charge on any atom is -0.508 e. The molecule has 0 aliphatic carbocycles. The Bertz CT molecular complexity index is 1120. The zero-order valence-electron chi connectivity index (χ0n) is 21.2. The van der Waals surface area contributed by atoms with Gasteiger partial charge in [0.25, 0.3) is 0 Å². The summed E-state index contributed by atoms with van der Waals surface area (Å²) in [6, 6.07) is 12.7. The summed E-state index contributed by atoms with van der Waals surface area (Å²) in [6.07, 6.45) is 4.82. The van der Waals surface area contributed by atoms with E-state index >= 15 is 0 Å². The Morgan fingerprint density at radius 1 is 1.14 bits per heavy atom. The Balaban J connectivity index is 1.46. The fourth-order valence-electron chi connectivity index (χ4n) is 5.31. The van der Waals surface area contributed by atoms with Gasteiger partial charge in [-0.1, -0.05) is 18.2 Å². The summed E-state index contributed by atoms with van der Waals surface area (Å²) >= 11 is 0. The molecule has 4 rings (SSSR count). The highest BCUT2D eigenvalue weighted by Crippen LogP contribution is 2.30. The third-order valence-corrected chi connectivity index (χ3v) is 7.34. The predicted molar refractivity (Wildman–Crippen MR) is 136 cm³/mol. The third kappa shape index (κ3) is 6.21. The minimum atomic E-state index is -0.130. The molecule has 1 aliphatic heterocycles. The molecule has 35 heavy (non-hydrogen) atoms. The van der Waals surface area contributed by atoms with Crippen molar-refractivity contribution in [1.29, 1.82) is 0 Å². The van der Waals surface area contributed by atoms with Crippen LogP contribution in [0.3, 0.4) is 0 Å². The number of phenols is 1. The largest absolute Gasteiger partial charge is 0.508 e. The van der Waals surface area contributed by atoms with Gasteiger partial charge in [-0.25, -0.2) is 4.39 Å². The molecule has 2 aromatic carbocycles. The van der Waals surface area contributed by atoms with Crippen LogP contribution in [0.1, 0.15) is 35.2 Å². The number of methoxy groups -OCH3 is 1. The average molecular weight is 481 g/mol. The summed E-state index contributed by atoms with van der Waals surface area (Å²) in [6.45, 7) is 5.40. The van der Waals surface area contributed by atoms with Gasteiger partial charge in [-0.3, -0.25) is 14.5 Å². The zero-order chi connectivity index (χ0) is 24.9. The lowest BCUT2D eigenvalue weighted by Gasteiger charge is -2.40. The van der Waals surface area contributed by atoms with Crippen molar-refractivity contribution in [2.75, 3.05) is 27.2 Å². The van der Waals surface area contributed by atoms with E-state index in [2.05, 4.69) is 28.1 Å². The van der Waals surface area contributed by atoms with Gasteiger partial charge in [-0.2, -0.15) is 5.10 Å². The first kappa shape index (κ1) is 25.2. The van der Waals surface area contributed by atoms with Crippen molar-refractivity contribution < 1.29 is 14.2 Å². The van der Waals surface area contributed by atoms with Crippen molar-refractivity contribution in [2.45, 2.75) is 45.3 Å². The van der Waals surface area contributed by atoms with Crippen LogP contribution in [0.2, 0.25) is 0 Å². The number of ether oxygens (including phenoxy) is 1. The van der Waals surface area contributed by atoms with Gasteiger partial charge >= 0.3 is 0 Å². The summed E-state index contributed by atoms with van der Waals surface area (Å²) in [5, 5.41) is 14.8. The number of likely N-dealkylation sites (tertiary alicyclic amines) is 1. The first-order valence-electron chi connectivity index (χ1n) is 12.3. The lowest BCUT2D eigenvalue weighted by molar-refractivity contribution is 0.0944. The van der Waals surface area contributed by atoms with Crippen LogP contribution in [0.4, 0.5) is 4.39 Å². The minimum absolute atomic E-state index is 0.130. The van der Waals surface area contributed by atoms with E-state index in [-0.39, 0.29) is 11.9 Å². The first-order chi connectivity index (χ1) is 16.8. The molecule has 1 atom stereocenters. The summed E-state index contributed by atoms with van der Waals surface area (Å²) in [4.78, 5) is 4.76. The number of phenolic OH excluding ortho intramolecular Hbond substituents is 1. The van der Waals surface area contributed by atoms with Gasteiger partial charge in [0.05, 0.1) is 12.8 Å². The van der Waals surface area contributed by atoms with Gasteiger partial charge in [-0.15, -0.1) is 0 Å². The molecule has 1 aliphatic rings. The molecule has 3 aromatic rings. The lowest BCUT2D eigenvalue weighted by Crippen LogP contribution is -2.45. The molecule has 1 aromatic heterocycles. The Morgan fingerprint density at radius 2 is 1.89 bits per heavy atom. The molecule has 0 spiro atoms. The summed E-state index contributed by atoms with van der Waals surface area (Å²) < 4.78 is 21.8. The van der Waals surface area contributed by atoms with Gasteiger partial charge in [0.15, 0.2) is 0 Å². The molecule has 1 N–H and O–H groups in total. The number of benzene rings is 2. The molecule has 1 fully saturated rings. The van der Waals surface area contributed by atoms with Crippen LogP contribution in [-0.2, 0) is 26.6 Å². The molecular weight excluding hydrogens is 443 g/mol. The van der Waals surface area contributed by atoms with Crippen LogP contribution in [-0.4, -0.2) is 58.0 Å². The number of rotatable bonds is 9. The van der Waals surface area contributed by atoms with E-state index in [1.807, 2.05) is 36.9 Å². The van der Waals surface area contributed by atoms with Crippen molar-refractivity contribution in [3.63, 3.8) is 0 Å². The van der Waals surface area contributed by atoms with Crippen LogP contribution in [0.25, 0.3) is 0 Å². The lowest BCUT2D eigenvalue weighted by atomic mass is 9.84. The van der Waals surface area contributed by atoms with Crippen molar-refractivity contribution in [3.8, 4) is 11.5 Å². The van der Waals surface area contributed by atoms with Crippen molar-refractivity contribution in [1.82, 2.24) is 19.6 Å². The number of nitrogens with zero attached hydrogens (tertiary/aromatic N) is 4. The van der Waals surface area contributed by atoms with Gasteiger partial charge < -0.3 is 9.84 Å². The van der Waals surface area contributed by atoms with Gasteiger partial charge in [-0.05, 0) is 82.1 Å². The molecule has 2 heterocycles. The highest BCUT2D eigenvalue weighted by molar-refractivity contribution is 5.39. The second-order valence-electron chi connectivity index (χ2n) is 9.80. The molecule has 0 bridgehead atoms. The fraction of sp³-hybridized carbons (Fsp3) is 0.464. The Kier molecular flexibility index (Phi) is 8.08.